The minimum Gasteiger partial charge on any atom is -0.404 e. The van der Waals surface area contributed by atoms with Crippen molar-refractivity contribution in [3.63, 3.8) is 0 Å². The summed E-state index contributed by atoms with van der Waals surface area (Å²) < 4.78 is 41.2. The van der Waals surface area contributed by atoms with Crippen molar-refractivity contribution in [3.8, 4) is 5.75 Å². The van der Waals surface area contributed by atoms with E-state index in [2.05, 4.69) is 26.9 Å². The summed E-state index contributed by atoms with van der Waals surface area (Å²) in [6.07, 6.45) is 0.980. The predicted octanol–water partition coefficient (Wildman–Crippen LogP) is 3.97. The Balaban J connectivity index is 1.76. The summed E-state index contributed by atoms with van der Waals surface area (Å²) >= 11 is 0. The number of hydrogen-bond donors (Lipinski definition) is 2. The van der Waals surface area contributed by atoms with Crippen LogP contribution in [0.2, 0.25) is 0 Å². The molecule has 26 heavy (non-hydrogen) atoms. The molecule has 0 saturated carbocycles. The monoisotopic (exact) mass is 372 g/mol. The lowest BCUT2D eigenvalue weighted by molar-refractivity contribution is -0.274. The fraction of sp³-hybridized carbons (Fsp3) is 0.611. The first-order chi connectivity index (χ1) is 12.3. The van der Waals surface area contributed by atoms with Gasteiger partial charge < -0.3 is 20.7 Å². The maximum Gasteiger partial charge on any atom is 0.573 e. The third kappa shape index (κ3) is 7.11. The van der Waals surface area contributed by atoms with Crippen molar-refractivity contribution >= 4 is 11.6 Å². The van der Waals surface area contributed by atoms with Gasteiger partial charge in [-0.1, -0.05) is 18.6 Å². The van der Waals surface area contributed by atoms with Crippen LogP contribution >= 0.6 is 0 Å². The van der Waals surface area contributed by atoms with Crippen LogP contribution in [0.3, 0.4) is 0 Å². The molecule has 1 atom stereocenters. The van der Waals surface area contributed by atoms with Gasteiger partial charge in [-0.2, -0.15) is 0 Å². The lowest BCUT2D eigenvalue weighted by atomic mass is 10.0. The van der Waals surface area contributed by atoms with Crippen molar-refractivity contribution in [2.75, 3.05) is 25.0 Å². The van der Waals surface area contributed by atoms with Gasteiger partial charge in [0.25, 0.3) is 0 Å². The smallest absolute Gasteiger partial charge is 0.404 e. The number of guanidine groups is 1. The van der Waals surface area contributed by atoms with Crippen LogP contribution in [0, 0.1) is 0 Å². The Morgan fingerprint density at radius 3 is 2.81 bits per heavy atom. The van der Waals surface area contributed by atoms with Crippen LogP contribution < -0.4 is 15.8 Å². The number of hydrogen-bond acceptors (Lipinski definition) is 3. The van der Waals surface area contributed by atoms with Gasteiger partial charge in [-0.05, 0) is 57.8 Å². The molecule has 1 unspecified atom stereocenters. The third-order valence-corrected chi connectivity index (χ3v) is 4.45. The van der Waals surface area contributed by atoms with Crippen molar-refractivity contribution < 1.29 is 17.9 Å². The zero-order chi connectivity index (χ0) is 19.0. The summed E-state index contributed by atoms with van der Waals surface area (Å²) in [5, 5.41) is 2.67. The number of benzene rings is 1. The zero-order valence-corrected chi connectivity index (χ0v) is 15.1. The van der Waals surface area contributed by atoms with Crippen LogP contribution in [0.4, 0.5) is 18.9 Å². The largest absolute Gasteiger partial charge is 0.573 e. The van der Waals surface area contributed by atoms with E-state index >= 15 is 0 Å². The molecule has 1 aliphatic rings. The molecule has 0 bridgehead atoms. The highest BCUT2D eigenvalue weighted by Crippen LogP contribution is 2.29. The number of alkyl halides is 3. The summed E-state index contributed by atoms with van der Waals surface area (Å²) in [5.74, 6) is -0.258. The highest BCUT2D eigenvalue weighted by molar-refractivity contribution is 5.93. The number of nitrogens with zero attached hydrogens (tertiary/aromatic N) is 2. The van der Waals surface area contributed by atoms with Crippen molar-refractivity contribution in [3.05, 3.63) is 24.3 Å². The van der Waals surface area contributed by atoms with E-state index in [9.17, 15) is 13.2 Å². The number of likely N-dealkylation sites (tertiary alicyclic amines) is 1. The topological polar surface area (TPSA) is 62.9 Å². The number of ether oxygens (including phenoxy) is 1. The first-order valence-electron chi connectivity index (χ1n) is 9.01. The molecule has 1 heterocycles. The summed E-state index contributed by atoms with van der Waals surface area (Å²) in [6.45, 7) is 5.00. The third-order valence-electron chi connectivity index (χ3n) is 4.45. The van der Waals surface area contributed by atoms with Gasteiger partial charge in [0, 0.05) is 12.6 Å². The molecule has 0 spiro atoms. The maximum atomic E-state index is 12.4. The van der Waals surface area contributed by atoms with Crippen LogP contribution in [0.15, 0.2) is 29.3 Å². The van der Waals surface area contributed by atoms with Crippen LogP contribution in [-0.2, 0) is 0 Å². The van der Waals surface area contributed by atoms with Gasteiger partial charge in [0.05, 0.1) is 5.69 Å². The van der Waals surface area contributed by atoms with Crippen LogP contribution in [0.1, 0.15) is 39.0 Å². The normalized spacial score (nSPS) is 19.4. The van der Waals surface area contributed by atoms with Gasteiger partial charge >= 0.3 is 6.36 Å². The van der Waals surface area contributed by atoms with Crippen molar-refractivity contribution in [1.82, 2.24) is 4.90 Å². The van der Waals surface area contributed by atoms with Gasteiger partial charge in [0.2, 0.25) is 0 Å². The van der Waals surface area contributed by atoms with Gasteiger partial charge in [-0.25, -0.2) is 0 Å². The van der Waals surface area contributed by atoms with Crippen LogP contribution in [0.25, 0.3) is 0 Å². The van der Waals surface area contributed by atoms with Crippen LogP contribution in [0.5, 0.6) is 5.75 Å². The number of piperidine rings is 1. The second-order valence-corrected chi connectivity index (χ2v) is 6.52. The van der Waals surface area contributed by atoms with Gasteiger partial charge in [0.15, 0.2) is 11.7 Å². The number of para-hydroxylation sites is 2. The first-order valence-corrected chi connectivity index (χ1v) is 9.01. The number of aliphatic imine (C=N–C) groups is 1. The molecule has 3 N–H and O–H groups in total. The zero-order valence-electron chi connectivity index (χ0n) is 15.1. The van der Waals surface area contributed by atoms with Gasteiger partial charge in [-0.3, -0.25) is 4.99 Å². The Morgan fingerprint density at radius 1 is 1.31 bits per heavy atom. The van der Waals surface area contributed by atoms with Crippen molar-refractivity contribution in [1.29, 1.82) is 0 Å². The quantitative estimate of drug-likeness (QED) is 0.432. The lowest BCUT2D eigenvalue weighted by Gasteiger charge is -2.33. The number of halogens is 3. The van der Waals surface area contributed by atoms with E-state index in [0.29, 0.717) is 12.6 Å². The molecule has 1 aliphatic heterocycles. The first kappa shape index (κ1) is 20.4. The fourth-order valence-corrected chi connectivity index (χ4v) is 3.08. The highest BCUT2D eigenvalue weighted by atomic mass is 19.4. The highest BCUT2D eigenvalue weighted by Gasteiger charge is 2.32. The van der Waals surface area contributed by atoms with Crippen molar-refractivity contribution in [2.45, 2.75) is 51.4 Å². The van der Waals surface area contributed by atoms with E-state index in [1.807, 2.05) is 0 Å². The SMILES string of the molecule is CC1CCCCN1CCCCN=C(N)Nc1ccccc1OC(F)(F)F. The average molecular weight is 372 g/mol. The van der Waals surface area contributed by atoms with Gasteiger partial charge in [0.1, 0.15) is 0 Å². The number of rotatable bonds is 7. The maximum absolute atomic E-state index is 12.4. The Hall–Kier alpha value is -1.96. The van der Waals surface area contributed by atoms with Crippen LogP contribution in [-0.4, -0.2) is 42.9 Å². The average Bonchev–Trinajstić information content (AvgIpc) is 2.56. The van der Waals surface area contributed by atoms with E-state index in [1.165, 1.54) is 37.5 Å². The Labute approximate surface area is 152 Å². The summed E-state index contributed by atoms with van der Waals surface area (Å²) in [5.41, 5.74) is 5.91. The molecule has 2 rings (SSSR count). The molecule has 0 aromatic heterocycles. The Bertz CT molecular complexity index is 592. The van der Waals surface area contributed by atoms with Crippen molar-refractivity contribution in [2.24, 2.45) is 10.7 Å². The minimum absolute atomic E-state index is 0.0783. The predicted molar refractivity (Wildman–Crippen MR) is 97.4 cm³/mol. The molecule has 0 aliphatic carbocycles. The summed E-state index contributed by atoms with van der Waals surface area (Å²) in [6, 6.07) is 6.38. The molecular weight excluding hydrogens is 345 g/mol. The Kier molecular flexibility index (Phi) is 7.56. The fourth-order valence-electron chi connectivity index (χ4n) is 3.08. The molecule has 1 saturated heterocycles. The lowest BCUT2D eigenvalue weighted by Crippen LogP contribution is -2.38. The number of nitrogens with one attached hydrogen (secondary N) is 1. The molecule has 1 aromatic carbocycles. The number of anilines is 1. The number of nitrogens with two attached hydrogens (primary N) is 1. The van der Waals surface area contributed by atoms with E-state index < -0.39 is 6.36 Å². The second kappa shape index (κ2) is 9.66. The molecule has 8 heteroatoms. The van der Waals surface area contributed by atoms with E-state index in [4.69, 9.17) is 5.73 Å². The molecular formula is C18H27F3N4O. The molecule has 5 nitrogen and oxygen atoms in total. The standard InChI is InChI=1S/C18H27F3N4O/c1-14-8-4-6-12-25(14)13-7-5-11-23-17(22)24-15-9-2-3-10-16(15)26-18(19,20)21/h2-3,9-10,14H,4-8,11-13H2,1H3,(H3,22,23,24). The molecule has 0 amide bonds. The minimum atomic E-state index is -4.75. The Morgan fingerprint density at radius 2 is 2.08 bits per heavy atom. The number of unbranched alkanes of at least 4 members (excludes halogenated alkanes) is 1. The van der Waals surface area contributed by atoms with E-state index in [1.54, 1.807) is 6.07 Å². The summed E-state index contributed by atoms with van der Waals surface area (Å²) in [7, 11) is 0. The van der Waals surface area contributed by atoms with E-state index in [-0.39, 0.29) is 17.4 Å². The molecule has 1 fully saturated rings. The molecule has 1 aromatic rings. The van der Waals surface area contributed by atoms with Gasteiger partial charge in [-0.15, -0.1) is 13.2 Å². The van der Waals surface area contributed by atoms with E-state index in [0.717, 1.165) is 25.9 Å². The molecule has 146 valence electrons. The summed E-state index contributed by atoms with van der Waals surface area (Å²) in [4.78, 5) is 6.69. The molecule has 0 radical (unpaired) electrons. The second-order valence-electron chi connectivity index (χ2n) is 6.52.